The number of carbonyl (C=O) groups is 2. The molecule has 0 radical (unpaired) electrons. The molecule has 5 heteroatoms. The van der Waals surface area contributed by atoms with Gasteiger partial charge in [0.05, 0.1) is 5.92 Å². The fourth-order valence-corrected chi connectivity index (χ4v) is 3.69. The summed E-state index contributed by atoms with van der Waals surface area (Å²) in [5, 5.41) is 3.82. The number of nitrogens with zero attached hydrogens (tertiary/aromatic N) is 1. The standard InChI is InChI=1S/C18H21ClN2O2/c19-14-3-1-13(2-4-14)18(7-8-18)11-20-17(23)12-9-16(22)21(10-12)15-5-6-15/h1-4,12,15H,5-11H2,(H,20,23). The maximum absolute atomic E-state index is 12.4. The van der Waals surface area contributed by atoms with E-state index in [2.05, 4.69) is 17.4 Å². The number of hydrogen-bond donors (Lipinski definition) is 1. The second-order valence-corrected chi connectivity index (χ2v) is 7.62. The summed E-state index contributed by atoms with van der Waals surface area (Å²) in [5.41, 5.74) is 1.31. The lowest BCUT2D eigenvalue weighted by Crippen LogP contribution is -2.37. The molecule has 1 saturated heterocycles. The second kappa shape index (κ2) is 5.52. The van der Waals surface area contributed by atoms with Crippen molar-refractivity contribution in [2.24, 2.45) is 5.92 Å². The number of rotatable bonds is 5. The number of carbonyl (C=O) groups excluding carboxylic acids is 2. The van der Waals surface area contributed by atoms with E-state index in [-0.39, 0.29) is 23.1 Å². The quantitative estimate of drug-likeness (QED) is 0.900. The van der Waals surface area contributed by atoms with Crippen molar-refractivity contribution in [3.05, 3.63) is 34.9 Å². The Kier molecular flexibility index (Phi) is 3.60. The Morgan fingerprint density at radius 2 is 1.96 bits per heavy atom. The topological polar surface area (TPSA) is 49.4 Å². The van der Waals surface area contributed by atoms with Crippen LogP contribution in [0.1, 0.15) is 37.7 Å². The first kappa shape index (κ1) is 15.0. The fourth-order valence-electron chi connectivity index (χ4n) is 3.57. The Hall–Kier alpha value is -1.55. The molecule has 0 bridgehead atoms. The third-order valence-corrected chi connectivity index (χ3v) is 5.68. The summed E-state index contributed by atoms with van der Waals surface area (Å²) < 4.78 is 0. The van der Waals surface area contributed by atoms with Crippen molar-refractivity contribution in [1.29, 1.82) is 0 Å². The van der Waals surface area contributed by atoms with Crippen LogP contribution in [-0.4, -0.2) is 35.8 Å². The molecule has 1 aromatic rings. The maximum Gasteiger partial charge on any atom is 0.225 e. The van der Waals surface area contributed by atoms with E-state index in [1.165, 1.54) is 5.56 Å². The van der Waals surface area contributed by atoms with Gasteiger partial charge in [-0.3, -0.25) is 9.59 Å². The van der Waals surface area contributed by atoms with Crippen LogP contribution in [0.2, 0.25) is 5.02 Å². The van der Waals surface area contributed by atoms with Crippen LogP contribution in [0.5, 0.6) is 0 Å². The molecule has 1 heterocycles. The zero-order valence-electron chi connectivity index (χ0n) is 13.1. The van der Waals surface area contributed by atoms with E-state index in [1.807, 2.05) is 17.0 Å². The van der Waals surface area contributed by atoms with E-state index in [9.17, 15) is 9.59 Å². The van der Waals surface area contributed by atoms with E-state index in [1.54, 1.807) is 0 Å². The van der Waals surface area contributed by atoms with Crippen LogP contribution < -0.4 is 5.32 Å². The van der Waals surface area contributed by atoms with E-state index >= 15 is 0 Å². The molecule has 3 fully saturated rings. The summed E-state index contributed by atoms with van der Waals surface area (Å²) >= 11 is 5.95. The lowest BCUT2D eigenvalue weighted by molar-refractivity contribution is -0.129. The van der Waals surface area contributed by atoms with Gasteiger partial charge in [0, 0.05) is 36.0 Å². The molecule has 0 aromatic heterocycles. The summed E-state index contributed by atoms with van der Waals surface area (Å²) in [6.45, 7) is 1.25. The van der Waals surface area contributed by atoms with Crippen molar-refractivity contribution in [2.45, 2.75) is 43.6 Å². The molecule has 2 aliphatic carbocycles. The Bertz CT molecular complexity index is 635. The lowest BCUT2D eigenvalue weighted by atomic mass is 9.95. The Balaban J connectivity index is 1.35. The highest BCUT2D eigenvalue weighted by Gasteiger charge is 2.46. The summed E-state index contributed by atoms with van der Waals surface area (Å²) in [7, 11) is 0. The van der Waals surface area contributed by atoms with Gasteiger partial charge < -0.3 is 10.2 Å². The van der Waals surface area contributed by atoms with Gasteiger partial charge in [0.2, 0.25) is 11.8 Å². The molecular weight excluding hydrogens is 312 g/mol. The molecule has 1 N–H and O–H groups in total. The van der Waals surface area contributed by atoms with Gasteiger partial charge >= 0.3 is 0 Å². The Morgan fingerprint density at radius 3 is 2.57 bits per heavy atom. The third-order valence-electron chi connectivity index (χ3n) is 5.43. The largest absolute Gasteiger partial charge is 0.355 e. The highest BCUT2D eigenvalue weighted by Crippen LogP contribution is 2.47. The smallest absolute Gasteiger partial charge is 0.225 e. The van der Waals surface area contributed by atoms with Crippen molar-refractivity contribution in [1.82, 2.24) is 10.2 Å². The van der Waals surface area contributed by atoms with E-state index in [4.69, 9.17) is 11.6 Å². The van der Waals surface area contributed by atoms with Crippen molar-refractivity contribution < 1.29 is 9.59 Å². The Morgan fingerprint density at radius 1 is 1.26 bits per heavy atom. The first-order valence-electron chi connectivity index (χ1n) is 8.41. The van der Waals surface area contributed by atoms with Crippen LogP contribution in [0.4, 0.5) is 0 Å². The molecule has 122 valence electrons. The van der Waals surface area contributed by atoms with Gasteiger partial charge in [0.1, 0.15) is 0 Å². The highest BCUT2D eigenvalue weighted by molar-refractivity contribution is 6.30. The molecule has 2 amide bonds. The summed E-state index contributed by atoms with van der Waals surface area (Å²) in [6.07, 6.45) is 4.75. The SMILES string of the molecule is O=C(NCC1(c2ccc(Cl)cc2)CC1)C1CC(=O)N(C2CC2)C1. The first-order valence-corrected chi connectivity index (χ1v) is 8.78. The summed E-state index contributed by atoms with van der Waals surface area (Å²) in [4.78, 5) is 26.3. The number of benzene rings is 1. The van der Waals surface area contributed by atoms with Gasteiger partial charge in [-0.15, -0.1) is 0 Å². The molecule has 4 nitrogen and oxygen atoms in total. The maximum atomic E-state index is 12.4. The Labute approximate surface area is 141 Å². The minimum Gasteiger partial charge on any atom is -0.355 e. The molecule has 1 aliphatic heterocycles. The van der Waals surface area contributed by atoms with Crippen LogP contribution in [0, 0.1) is 5.92 Å². The molecule has 1 aromatic carbocycles. The lowest BCUT2D eigenvalue weighted by Gasteiger charge is -2.19. The van der Waals surface area contributed by atoms with E-state index in [0.717, 1.165) is 30.7 Å². The molecule has 0 spiro atoms. The first-order chi connectivity index (χ1) is 11.1. The predicted octanol–water partition coefficient (Wildman–Crippen LogP) is 2.50. The summed E-state index contributed by atoms with van der Waals surface area (Å²) in [6, 6.07) is 8.32. The average Bonchev–Trinajstić information content (AvgIpc) is 3.46. The number of nitrogens with one attached hydrogen (secondary N) is 1. The van der Waals surface area contributed by atoms with E-state index < -0.39 is 0 Å². The predicted molar refractivity (Wildman–Crippen MR) is 88.2 cm³/mol. The van der Waals surface area contributed by atoms with Gasteiger partial charge in [0.15, 0.2) is 0 Å². The molecule has 4 rings (SSSR count). The summed E-state index contributed by atoms with van der Waals surface area (Å²) in [5.74, 6) is -0.00246. The van der Waals surface area contributed by atoms with E-state index in [0.29, 0.717) is 25.6 Å². The van der Waals surface area contributed by atoms with Gasteiger partial charge in [-0.05, 0) is 43.4 Å². The van der Waals surface area contributed by atoms with Gasteiger partial charge in [-0.1, -0.05) is 23.7 Å². The zero-order chi connectivity index (χ0) is 16.0. The molecular formula is C18H21ClN2O2. The van der Waals surface area contributed by atoms with Crippen LogP contribution >= 0.6 is 11.6 Å². The second-order valence-electron chi connectivity index (χ2n) is 7.18. The number of hydrogen-bond acceptors (Lipinski definition) is 2. The van der Waals surface area contributed by atoms with Gasteiger partial charge in [-0.25, -0.2) is 0 Å². The molecule has 2 saturated carbocycles. The van der Waals surface area contributed by atoms with Crippen LogP contribution in [0.15, 0.2) is 24.3 Å². The van der Waals surface area contributed by atoms with Crippen molar-refractivity contribution in [3.63, 3.8) is 0 Å². The number of amides is 2. The van der Waals surface area contributed by atoms with Crippen LogP contribution in [0.25, 0.3) is 0 Å². The monoisotopic (exact) mass is 332 g/mol. The minimum atomic E-state index is -0.177. The van der Waals surface area contributed by atoms with Crippen molar-refractivity contribution in [3.8, 4) is 0 Å². The molecule has 1 atom stereocenters. The minimum absolute atomic E-state index is 0.0294. The number of halogens is 1. The third kappa shape index (κ3) is 2.97. The molecule has 23 heavy (non-hydrogen) atoms. The van der Waals surface area contributed by atoms with Crippen LogP contribution in [0.3, 0.4) is 0 Å². The van der Waals surface area contributed by atoms with Crippen molar-refractivity contribution in [2.75, 3.05) is 13.1 Å². The van der Waals surface area contributed by atoms with Gasteiger partial charge in [0.25, 0.3) is 0 Å². The highest BCUT2D eigenvalue weighted by atomic mass is 35.5. The molecule has 1 unspecified atom stereocenters. The van der Waals surface area contributed by atoms with Crippen LogP contribution in [-0.2, 0) is 15.0 Å². The fraction of sp³-hybridized carbons (Fsp3) is 0.556. The number of likely N-dealkylation sites (tertiary alicyclic amines) is 1. The van der Waals surface area contributed by atoms with Gasteiger partial charge in [-0.2, -0.15) is 0 Å². The average molecular weight is 333 g/mol. The molecule has 3 aliphatic rings. The zero-order valence-corrected chi connectivity index (χ0v) is 13.8. The van der Waals surface area contributed by atoms with Crippen molar-refractivity contribution >= 4 is 23.4 Å². The normalized spacial score (nSPS) is 25.5.